The lowest BCUT2D eigenvalue weighted by atomic mass is 10.0. The van der Waals surface area contributed by atoms with Gasteiger partial charge in [-0.05, 0) is 27.2 Å². The molecule has 2 atom stereocenters. The van der Waals surface area contributed by atoms with Crippen LogP contribution in [0.2, 0.25) is 0 Å². The fraction of sp³-hybridized carbons (Fsp3) is 0.769. The highest BCUT2D eigenvalue weighted by Crippen LogP contribution is 2.20. The van der Waals surface area contributed by atoms with E-state index in [0.717, 1.165) is 32.7 Å². The molecule has 0 aliphatic carbocycles. The zero-order valence-electron chi connectivity index (χ0n) is 12.5. The Balaban J connectivity index is 2.10. The van der Waals surface area contributed by atoms with E-state index in [0.29, 0.717) is 17.8 Å². The number of nitrogen functional groups attached to an aromatic ring is 1. The maximum absolute atomic E-state index is 5.78. The summed E-state index contributed by atoms with van der Waals surface area (Å²) in [4.78, 5) is 14.9. The zero-order chi connectivity index (χ0) is 14.5. The highest BCUT2D eigenvalue weighted by Gasteiger charge is 2.23. The summed E-state index contributed by atoms with van der Waals surface area (Å²) in [6, 6.07) is 0.254. The quantitative estimate of drug-likeness (QED) is 0.807. The topological polar surface area (TPSA) is 89.2 Å². The van der Waals surface area contributed by atoms with Crippen molar-refractivity contribution >= 4 is 17.8 Å². The van der Waals surface area contributed by atoms with Crippen molar-refractivity contribution in [3.05, 3.63) is 0 Å². The Bertz CT molecular complexity index is 431. The number of hydrogen-bond acceptors (Lipinski definition) is 7. The van der Waals surface area contributed by atoms with Crippen LogP contribution < -0.4 is 16.0 Å². The third-order valence-electron chi connectivity index (χ3n) is 3.72. The van der Waals surface area contributed by atoms with Gasteiger partial charge in [-0.15, -0.1) is 0 Å². The van der Waals surface area contributed by atoms with Crippen molar-refractivity contribution in [1.29, 1.82) is 0 Å². The number of nitrogens with zero attached hydrogens (tertiary/aromatic N) is 4. The molecule has 112 valence electrons. The largest absolute Gasteiger partial charge is 0.381 e. The van der Waals surface area contributed by atoms with Crippen molar-refractivity contribution in [2.45, 2.75) is 33.2 Å². The normalized spacial score (nSPS) is 19.9. The van der Waals surface area contributed by atoms with Gasteiger partial charge in [0.05, 0.1) is 6.61 Å². The Morgan fingerprint density at radius 2 is 2.10 bits per heavy atom. The molecule has 7 heteroatoms. The lowest BCUT2D eigenvalue weighted by Crippen LogP contribution is -2.29. The summed E-state index contributed by atoms with van der Waals surface area (Å²) in [5.74, 6) is 1.91. The van der Waals surface area contributed by atoms with E-state index in [1.807, 2.05) is 4.90 Å². The molecule has 0 spiro atoms. The van der Waals surface area contributed by atoms with Gasteiger partial charge in [0.25, 0.3) is 0 Å². The minimum atomic E-state index is 0.249. The second-order valence-electron chi connectivity index (χ2n) is 5.05. The van der Waals surface area contributed by atoms with E-state index < -0.39 is 0 Å². The van der Waals surface area contributed by atoms with Gasteiger partial charge >= 0.3 is 0 Å². The summed E-state index contributed by atoms with van der Waals surface area (Å²) in [6.45, 7) is 9.55. The van der Waals surface area contributed by atoms with Crippen molar-refractivity contribution in [3.8, 4) is 0 Å². The second kappa shape index (κ2) is 6.69. The van der Waals surface area contributed by atoms with Crippen molar-refractivity contribution in [2.75, 3.05) is 42.3 Å². The average molecular weight is 280 g/mol. The minimum absolute atomic E-state index is 0.249. The van der Waals surface area contributed by atoms with Gasteiger partial charge in [-0.3, -0.25) is 0 Å². The summed E-state index contributed by atoms with van der Waals surface area (Å²) in [5.41, 5.74) is 5.78. The molecule has 0 amide bonds. The Morgan fingerprint density at radius 3 is 2.70 bits per heavy atom. The fourth-order valence-electron chi connectivity index (χ4n) is 2.36. The van der Waals surface area contributed by atoms with Gasteiger partial charge < -0.3 is 20.7 Å². The van der Waals surface area contributed by atoms with Crippen LogP contribution in [0.3, 0.4) is 0 Å². The van der Waals surface area contributed by atoms with Crippen molar-refractivity contribution < 1.29 is 4.74 Å². The van der Waals surface area contributed by atoms with E-state index in [1.54, 1.807) is 0 Å². The van der Waals surface area contributed by atoms with Gasteiger partial charge in [0.15, 0.2) is 0 Å². The van der Waals surface area contributed by atoms with Crippen molar-refractivity contribution in [2.24, 2.45) is 5.92 Å². The standard InChI is InChI=1S/C13H24N6O/c1-4-19(5-2)13-17-11(14)16-12(18-13)15-9(3)10-6-7-20-8-10/h9-10H,4-8H2,1-3H3,(H3,14,15,16,17,18). The molecule has 1 aromatic rings. The first kappa shape index (κ1) is 14.8. The van der Waals surface area contributed by atoms with Crippen LogP contribution in [0.1, 0.15) is 27.2 Å². The lowest BCUT2D eigenvalue weighted by molar-refractivity contribution is 0.183. The molecule has 0 aromatic carbocycles. The SMILES string of the molecule is CCN(CC)c1nc(N)nc(NC(C)C2CCOC2)n1. The first-order valence-corrected chi connectivity index (χ1v) is 7.24. The maximum atomic E-state index is 5.78. The van der Waals surface area contributed by atoms with Gasteiger partial charge in [-0.2, -0.15) is 15.0 Å². The summed E-state index contributed by atoms with van der Waals surface area (Å²) < 4.78 is 5.41. The number of aromatic nitrogens is 3. The Kier molecular flexibility index (Phi) is 4.94. The number of nitrogens with two attached hydrogens (primary N) is 1. The van der Waals surface area contributed by atoms with Crippen LogP contribution in [-0.2, 0) is 4.74 Å². The predicted octanol–water partition coefficient (Wildman–Crippen LogP) is 1.14. The molecule has 3 N–H and O–H groups in total. The highest BCUT2D eigenvalue weighted by molar-refractivity contribution is 5.42. The predicted molar refractivity (Wildman–Crippen MR) is 79.8 cm³/mol. The third-order valence-corrected chi connectivity index (χ3v) is 3.72. The van der Waals surface area contributed by atoms with Gasteiger partial charge in [-0.25, -0.2) is 0 Å². The van der Waals surface area contributed by atoms with Crippen LogP contribution in [0, 0.1) is 5.92 Å². The molecule has 2 heterocycles. The number of nitrogens with one attached hydrogen (secondary N) is 1. The minimum Gasteiger partial charge on any atom is -0.381 e. The molecule has 0 saturated carbocycles. The maximum Gasteiger partial charge on any atom is 0.231 e. The summed E-state index contributed by atoms with van der Waals surface area (Å²) in [6.07, 6.45) is 1.07. The van der Waals surface area contributed by atoms with E-state index in [-0.39, 0.29) is 12.0 Å². The summed E-state index contributed by atoms with van der Waals surface area (Å²) >= 11 is 0. The van der Waals surface area contributed by atoms with Crippen LogP contribution in [0.5, 0.6) is 0 Å². The van der Waals surface area contributed by atoms with Crippen molar-refractivity contribution in [3.63, 3.8) is 0 Å². The first-order valence-electron chi connectivity index (χ1n) is 7.24. The van der Waals surface area contributed by atoms with E-state index in [9.17, 15) is 0 Å². The smallest absolute Gasteiger partial charge is 0.231 e. The second-order valence-corrected chi connectivity index (χ2v) is 5.05. The molecule has 1 aliphatic rings. The van der Waals surface area contributed by atoms with Gasteiger partial charge in [0.2, 0.25) is 17.8 Å². The van der Waals surface area contributed by atoms with E-state index in [1.165, 1.54) is 0 Å². The molecule has 1 fully saturated rings. The Labute approximate surface area is 119 Å². The number of rotatable bonds is 6. The van der Waals surface area contributed by atoms with Crippen LogP contribution in [0.25, 0.3) is 0 Å². The monoisotopic (exact) mass is 280 g/mol. The van der Waals surface area contributed by atoms with E-state index in [4.69, 9.17) is 10.5 Å². The zero-order valence-corrected chi connectivity index (χ0v) is 12.5. The van der Waals surface area contributed by atoms with E-state index >= 15 is 0 Å². The molecular weight excluding hydrogens is 256 g/mol. The molecule has 2 unspecified atom stereocenters. The lowest BCUT2D eigenvalue weighted by Gasteiger charge is -2.22. The molecule has 0 radical (unpaired) electrons. The molecule has 1 aliphatic heterocycles. The van der Waals surface area contributed by atoms with Gasteiger partial charge in [0, 0.05) is 31.7 Å². The highest BCUT2D eigenvalue weighted by atomic mass is 16.5. The fourth-order valence-corrected chi connectivity index (χ4v) is 2.36. The number of anilines is 3. The molecular formula is C13H24N6O. The average Bonchev–Trinajstić information content (AvgIpc) is 2.93. The van der Waals surface area contributed by atoms with Crippen LogP contribution in [0.15, 0.2) is 0 Å². The molecule has 7 nitrogen and oxygen atoms in total. The molecule has 1 aromatic heterocycles. The van der Waals surface area contributed by atoms with Crippen LogP contribution in [0.4, 0.5) is 17.8 Å². The van der Waals surface area contributed by atoms with Gasteiger partial charge in [0.1, 0.15) is 0 Å². The van der Waals surface area contributed by atoms with Crippen molar-refractivity contribution in [1.82, 2.24) is 15.0 Å². The molecule has 20 heavy (non-hydrogen) atoms. The number of hydrogen-bond donors (Lipinski definition) is 2. The third kappa shape index (κ3) is 3.47. The summed E-state index contributed by atoms with van der Waals surface area (Å²) in [5, 5.41) is 3.32. The number of ether oxygens (including phenoxy) is 1. The summed E-state index contributed by atoms with van der Waals surface area (Å²) in [7, 11) is 0. The van der Waals surface area contributed by atoms with Gasteiger partial charge in [-0.1, -0.05) is 0 Å². The van der Waals surface area contributed by atoms with Crippen LogP contribution >= 0.6 is 0 Å². The van der Waals surface area contributed by atoms with E-state index in [2.05, 4.69) is 41.0 Å². The molecule has 0 bridgehead atoms. The molecule has 2 rings (SSSR count). The molecule has 1 saturated heterocycles. The van der Waals surface area contributed by atoms with Crippen LogP contribution in [-0.4, -0.2) is 47.3 Å². The Hall–Kier alpha value is -1.63. The Morgan fingerprint density at radius 1 is 1.35 bits per heavy atom. The first-order chi connectivity index (χ1) is 9.63.